The summed E-state index contributed by atoms with van der Waals surface area (Å²) in [5, 5.41) is 5.43. The van der Waals surface area contributed by atoms with Gasteiger partial charge in [0, 0.05) is 23.3 Å². The summed E-state index contributed by atoms with van der Waals surface area (Å²) in [7, 11) is 0. The molecule has 4 nitrogen and oxygen atoms in total. The lowest BCUT2D eigenvalue weighted by Gasteiger charge is -2.20. The summed E-state index contributed by atoms with van der Waals surface area (Å²) in [5.74, 6) is -0.274. The SMILES string of the molecule is CCCC(NC(=O)Cc1csc(-c2cccnc2)n1)c1cccc(C(F)(F)F)c1. The van der Waals surface area contributed by atoms with Gasteiger partial charge in [-0.15, -0.1) is 11.3 Å². The van der Waals surface area contributed by atoms with Crippen LogP contribution in [0.5, 0.6) is 0 Å². The van der Waals surface area contributed by atoms with Gasteiger partial charge < -0.3 is 5.32 Å². The van der Waals surface area contributed by atoms with E-state index in [1.54, 1.807) is 23.8 Å². The van der Waals surface area contributed by atoms with E-state index < -0.39 is 17.8 Å². The number of amides is 1. The van der Waals surface area contributed by atoms with Crippen LogP contribution in [-0.2, 0) is 17.4 Å². The van der Waals surface area contributed by atoms with Crippen LogP contribution in [0.1, 0.15) is 42.6 Å². The first kappa shape index (κ1) is 21.0. The molecule has 1 amide bonds. The molecule has 152 valence electrons. The lowest BCUT2D eigenvalue weighted by Crippen LogP contribution is -2.30. The minimum absolute atomic E-state index is 0.0654. The minimum Gasteiger partial charge on any atom is -0.349 e. The van der Waals surface area contributed by atoms with Gasteiger partial charge in [-0.1, -0.05) is 25.5 Å². The Morgan fingerprint density at radius 1 is 1.24 bits per heavy atom. The zero-order valence-corrected chi connectivity index (χ0v) is 16.6. The Morgan fingerprint density at radius 3 is 2.76 bits per heavy atom. The first-order chi connectivity index (χ1) is 13.9. The molecule has 0 saturated heterocycles. The van der Waals surface area contributed by atoms with Crippen LogP contribution in [0.4, 0.5) is 13.2 Å². The van der Waals surface area contributed by atoms with E-state index in [0.29, 0.717) is 17.7 Å². The van der Waals surface area contributed by atoms with Crippen molar-refractivity contribution < 1.29 is 18.0 Å². The zero-order valence-electron chi connectivity index (χ0n) is 15.7. The first-order valence-corrected chi connectivity index (χ1v) is 10.1. The topological polar surface area (TPSA) is 54.9 Å². The van der Waals surface area contributed by atoms with Gasteiger partial charge in [0.15, 0.2) is 0 Å². The lowest BCUT2D eigenvalue weighted by atomic mass is 9.99. The molecule has 2 aromatic heterocycles. The minimum atomic E-state index is -4.42. The van der Waals surface area contributed by atoms with Crippen molar-refractivity contribution in [2.75, 3.05) is 0 Å². The van der Waals surface area contributed by atoms with Gasteiger partial charge in [0.2, 0.25) is 5.91 Å². The fourth-order valence-corrected chi connectivity index (χ4v) is 3.77. The van der Waals surface area contributed by atoms with Crippen LogP contribution >= 0.6 is 11.3 Å². The van der Waals surface area contributed by atoms with E-state index >= 15 is 0 Å². The van der Waals surface area contributed by atoms with Crippen molar-refractivity contribution in [1.82, 2.24) is 15.3 Å². The summed E-state index contributed by atoms with van der Waals surface area (Å²) in [4.78, 5) is 21.0. The maximum Gasteiger partial charge on any atom is 0.416 e. The third-order valence-corrected chi connectivity index (χ3v) is 5.27. The molecule has 0 aliphatic rings. The van der Waals surface area contributed by atoms with Gasteiger partial charge in [-0.2, -0.15) is 13.2 Å². The number of nitrogens with one attached hydrogen (secondary N) is 1. The number of hydrogen-bond donors (Lipinski definition) is 1. The van der Waals surface area contributed by atoms with Crippen molar-refractivity contribution in [3.05, 3.63) is 71.0 Å². The predicted molar refractivity (Wildman–Crippen MR) is 106 cm³/mol. The highest BCUT2D eigenvalue weighted by atomic mass is 32.1. The average Bonchev–Trinajstić information content (AvgIpc) is 3.16. The first-order valence-electron chi connectivity index (χ1n) is 9.18. The Morgan fingerprint density at radius 2 is 2.07 bits per heavy atom. The quantitative estimate of drug-likeness (QED) is 0.556. The number of aromatic nitrogens is 2. The molecule has 0 saturated carbocycles. The summed E-state index contributed by atoms with van der Waals surface area (Å²) >= 11 is 1.42. The number of thiazole rings is 1. The van der Waals surface area contributed by atoms with E-state index in [9.17, 15) is 18.0 Å². The molecule has 1 aromatic carbocycles. The van der Waals surface area contributed by atoms with Gasteiger partial charge in [-0.3, -0.25) is 9.78 Å². The number of benzene rings is 1. The lowest BCUT2D eigenvalue weighted by molar-refractivity contribution is -0.137. The summed E-state index contributed by atoms with van der Waals surface area (Å²) in [6.07, 6.45) is 0.296. The molecule has 0 bridgehead atoms. The summed E-state index contributed by atoms with van der Waals surface area (Å²) < 4.78 is 39.0. The molecule has 29 heavy (non-hydrogen) atoms. The second-order valence-corrected chi connectivity index (χ2v) is 7.45. The molecule has 0 radical (unpaired) electrons. The molecule has 1 unspecified atom stereocenters. The van der Waals surface area contributed by atoms with E-state index in [-0.39, 0.29) is 12.3 Å². The maximum absolute atomic E-state index is 13.0. The van der Waals surface area contributed by atoms with Crippen LogP contribution in [0.3, 0.4) is 0 Å². The molecular formula is C21H20F3N3OS. The molecule has 1 atom stereocenters. The van der Waals surface area contributed by atoms with Crippen molar-refractivity contribution in [3.8, 4) is 10.6 Å². The van der Waals surface area contributed by atoms with E-state index in [4.69, 9.17) is 0 Å². The van der Waals surface area contributed by atoms with E-state index in [0.717, 1.165) is 29.1 Å². The van der Waals surface area contributed by atoms with E-state index in [2.05, 4.69) is 15.3 Å². The van der Waals surface area contributed by atoms with E-state index in [1.165, 1.54) is 17.4 Å². The van der Waals surface area contributed by atoms with Crippen molar-refractivity contribution in [3.63, 3.8) is 0 Å². The normalized spacial score (nSPS) is 12.6. The molecular weight excluding hydrogens is 399 g/mol. The Bertz CT molecular complexity index is 957. The van der Waals surface area contributed by atoms with Gasteiger partial charge in [-0.05, 0) is 36.2 Å². The molecule has 8 heteroatoms. The van der Waals surface area contributed by atoms with Crippen molar-refractivity contribution in [1.29, 1.82) is 0 Å². The van der Waals surface area contributed by atoms with Gasteiger partial charge in [0.1, 0.15) is 5.01 Å². The average molecular weight is 419 g/mol. The van der Waals surface area contributed by atoms with E-state index in [1.807, 2.05) is 19.1 Å². The third kappa shape index (κ3) is 5.63. The summed E-state index contributed by atoms with van der Waals surface area (Å²) in [5.41, 5.74) is 1.22. The van der Waals surface area contributed by atoms with Crippen LogP contribution in [0.25, 0.3) is 10.6 Å². The number of pyridine rings is 1. The molecule has 0 aliphatic carbocycles. The van der Waals surface area contributed by atoms with Crippen molar-refractivity contribution >= 4 is 17.2 Å². The molecule has 3 rings (SSSR count). The molecule has 3 aromatic rings. The molecule has 1 N–H and O–H groups in total. The van der Waals surface area contributed by atoms with Crippen molar-refractivity contribution in [2.45, 2.75) is 38.4 Å². The Hall–Kier alpha value is -2.74. The number of halogens is 3. The Balaban J connectivity index is 1.70. The van der Waals surface area contributed by atoms with Crippen LogP contribution in [0.2, 0.25) is 0 Å². The standard InChI is InChI=1S/C21H20F3N3OS/c1-2-5-18(14-6-3-8-16(10-14)21(22,23)24)27-19(28)11-17-13-29-20(26-17)15-7-4-9-25-12-15/h3-4,6-10,12-13,18H,2,5,11H2,1H3,(H,27,28). The predicted octanol–water partition coefficient (Wildman–Crippen LogP) is 5.42. The second kappa shape index (κ2) is 9.17. The number of alkyl halides is 3. The molecule has 0 fully saturated rings. The van der Waals surface area contributed by atoms with Crippen LogP contribution < -0.4 is 5.32 Å². The van der Waals surface area contributed by atoms with Crippen molar-refractivity contribution in [2.24, 2.45) is 0 Å². The maximum atomic E-state index is 13.0. The smallest absolute Gasteiger partial charge is 0.349 e. The number of carbonyl (C=O) groups excluding carboxylic acids is 1. The largest absolute Gasteiger partial charge is 0.416 e. The van der Waals surface area contributed by atoms with Gasteiger partial charge in [0.25, 0.3) is 0 Å². The zero-order chi connectivity index (χ0) is 20.9. The van der Waals surface area contributed by atoms with Crippen LogP contribution in [0.15, 0.2) is 54.2 Å². The van der Waals surface area contributed by atoms with Gasteiger partial charge in [-0.25, -0.2) is 4.98 Å². The van der Waals surface area contributed by atoms with Gasteiger partial charge in [0.05, 0.1) is 23.7 Å². The fourth-order valence-electron chi connectivity index (χ4n) is 2.96. The monoisotopic (exact) mass is 419 g/mol. The van der Waals surface area contributed by atoms with Gasteiger partial charge >= 0.3 is 6.18 Å². The third-order valence-electron chi connectivity index (χ3n) is 4.33. The Labute approximate surface area is 170 Å². The molecule has 0 aliphatic heterocycles. The highest BCUT2D eigenvalue weighted by Gasteiger charge is 2.31. The fraction of sp³-hybridized carbons (Fsp3) is 0.286. The number of hydrogen-bond acceptors (Lipinski definition) is 4. The highest BCUT2D eigenvalue weighted by Crippen LogP contribution is 2.31. The summed E-state index contributed by atoms with van der Waals surface area (Å²) in [6.45, 7) is 1.92. The molecule has 2 heterocycles. The Kier molecular flexibility index (Phi) is 6.64. The second-order valence-electron chi connectivity index (χ2n) is 6.59. The number of nitrogens with zero attached hydrogens (tertiary/aromatic N) is 2. The summed E-state index contributed by atoms with van der Waals surface area (Å²) in [6, 6.07) is 8.33. The molecule has 0 spiro atoms. The van der Waals surface area contributed by atoms with Crippen LogP contribution in [-0.4, -0.2) is 15.9 Å². The number of carbonyl (C=O) groups is 1. The number of rotatable bonds is 7. The highest BCUT2D eigenvalue weighted by molar-refractivity contribution is 7.13. The van der Waals surface area contributed by atoms with Crippen LogP contribution in [0, 0.1) is 0 Å².